The number of anilines is 2. The highest BCUT2D eigenvalue weighted by Gasteiger charge is 2.36. The van der Waals surface area contributed by atoms with Crippen LogP contribution < -0.4 is 14.9 Å². The molecular formula is C28H27N3O3S. The van der Waals surface area contributed by atoms with Crippen LogP contribution in [0.25, 0.3) is 10.8 Å². The Hall–Kier alpha value is -3.84. The second-order valence-electron chi connectivity index (χ2n) is 8.72. The molecule has 7 heteroatoms. The van der Waals surface area contributed by atoms with Crippen LogP contribution in [0, 0.1) is 0 Å². The number of hydrogen-bond donors (Lipinski definition) is 2. The summed E-state index contributed by atoms with van der Waals surface area (Å²) in [6, 6.07) is 27.8. The highest BCUT2D eigenvalue weighted by molar-refractivity contribution is 7.92. The number of carbonyl (C=O) groups is 1. The number of fused-ring (bicyclic) bond motifs is 2. The summed E-state index contributed by atoms with van der Waals surface area (Å²) in [5.74, 6) is -0.309. The highest BCUT2D eigenvalue weighted by Crippen LogP contribution is 2.36. The van der Waals surface area contributed by atoms with Gasteiger partial charge in [0.15, 0.2) is 0 Å². The normalized spacial score (nSPS) is 15.1. The van der Waals surface area contributed by atoms with E-state index < -0.39 is 10.0 Å². The number of para-hydroxylation sites is 1. The quantitative estimate of drug-likeness (QED) is 0.368. The van der Waals surface area contributed by atoms with Crippen molar-refractivity contribution in [1.29, 1.82) is 0 Å². The minimum absolute atomic E-state index is 0.114. The van der Waals surface area contributed by atoms with Crippen LogP contribution in [0.3, 0.4) is 0 Å². The molecule has 0 fully saturated rings. The standard InChI is InChI=1S/C28H27N3O3S/c1-20-18-22-9-3-5-15-27(22)31(20)35(33,34)24-12-6-11-23(19-24)28(32)30-17-16-29-26-14-7-10-21-8-2-4-13-25(21)26/h2-15,19-20,29H,16-18H2,1H3,(H,30,32)/t20-/m1/s1. The topological polar surface area (TPSA) is 78.5 Å². The first-order valence-corrected chi connectivity index (χ1v) is 13.1. The van der Waals surface area contributed by atoms with Crippen molar-refractivity contribution in [3.05, 3.63) is 102 Å². The third-order valence-electron chi connectivity index (χ3n) is 6.31. The van der Waals surface area contributed by atoms with E-state index in [1.165, 1.54) is 10.4 Å². The zero-order valence-corrected chi connectivity index (χ0v) is 20.3. The Kier molecular flexibility index (Phi) is 6.17. The molecule has 2 N–H and O–H groups in total. The minimum Gasteiger partial charge on any atom is -0.383 e. The molecule has 4 aromatic carbocycles. The molecule has 6 nitrogen and oxygen atoms in total. The van der Waals surface area contributed by atoms with Crippen molar-refractivity contribution in [1.82, 2.24) is 5.32 Å². The zero-order chi connectivity index (χ0) is 24.4. The number of benzene rings is 4. The number of carbonyl (C=O) groups excluding carboxylic acids is 1. The lowest BCUT2D eigenvalue weighted by atomic mass is 10.1. The molecule has 0 radical (unpaired) electrons. The Balaban J connectivity index is 1.26. The lowest BCUT2D eigenvalue weighted by Gasteiger charge is -2.24. The molecule has 5 rings (SSSR count). The predicted molar refractivity (Wildman–Crippen MR) is 140 cm³/mol. The van der Waals surface area contributed by atoms with Crippen molar-refractivity contribution in [2.45, 2.75) is 24.3 Å². The summed E-state index contributed by atoms with van der Waals surface area (Å²) in [5, 5.41) is 8.51. The lowest BCUT2D eigenvalue weighted by molar-refractivity contribution is 0.0955. The van der Waals surface area contributed by atoms with E-state index in [1.807, 2.05) is 55.5 Å². The van der Waals surface area contributed by atoms with Crippen LogP contribution in [0.15, 0.2) is 95.9 Å². The number of amides is 1. The summed E-state index contributed by atoms with van der Waals surface area (Å²) in [5.41, 5.74) is 3.03. The summed E-state index contributed by atoms with van der Waals surface area (Å²) >= 11 is 0. The molecule has 35 heavy (non-hydrogen) atoms. The molecule has 1 aliphatic rings. The molecule has 0 saturated heterocycles. The van der Waals surface area contributed by atoms with E-state index >= 15 is 0 Å². The van der Waals surface area contributed by atoms with Crippen molar-refractivity contribution in [2.75, 3.05) is 22.7 Å². The Morgan fingerprint density at radius 2 is 1.66 bits per heavy atom. The largest absolute Gasteiger partial charge is 0.383 e. The Bertz CT molecular complexity index is 1500. The summed E-state index contributed by atoms with van der Waals surface area (Å²) in [4.78, 5) is 12.9. The van der Waals surface area contributed by atoms with Gasteiger partial charge in [-0.1, -0.05) is 60.7 Å². The fourth-order valence-corrected chi connectivity index (χ4v) is 6.41. The highest BCUT2D eigenvalue weighted by atomic mass is 32.2. The molecule has 1 heterocycles. The van der Waals surface area contributed by atoms with E-state index in [4.69, 9.17) is 0 Å². The number of nitrogens with one attached hydrogen (secondary N) is 2. The van der Waals surface area contributed by atoms with Crippen LogP contribution in [0.4, 0.5) is 11.4 Å². The van der Waals surface area contributed by atoms with E-state index in [2.05, 4.69) is 28.8 Å². The van der Waals surface area contributed by atoms with Crippen LogP contribution in [-0.2, 0) is 16.4 Å². The molecule has 0 spiro atoms. The first kappa shape index (κ1) is 22.9. The van der Waals surface area contributed by atoms with Gasteiger partial charge in [-0.15, -0.1) is 0 Å². The Morgan fingerprint density at radius 1 is 0.914 bits per heavy atom. The van der Waals surface area contributed by atoms with Gasteiger partial charge in [0, 0.05) is 35.8 Å². The van der Waals surface area contributed by atoms with E-state index in [0.29, 0.717) is 30.8 Å². The Morgan fingerprint density at radius 3 is 2.54 bits per heavy atom. The van der Waals surface area contributed by atoms with Crippen LogP contribution in [-0.4, -0.2) is 33.5 Å². The first-order valence-electron chi connectivity index (χ1n) is 11.7. The van der Waals surface area contributed by atoms with E-state index in [-0.39, 0.29) is 16.8 Å². The first-order chi connectivity index (χ1) is 16.9. The molecule has 0 bridgehead atoms. The third-order valence-corrected chi connectivity index (χ3v) is 8.24. The number of rotatable bonds is 7. The second-order valence-corrected chi connectivity index (χ2v) is 10.5. The molecule has 1 aliphatic heterocycles. The van der Waals surface area contributed by atoms with Crippen molar-refractivity contribution >= 4 is 38.1 Å². The average molecular weight is 486 g/mol. The van der Waals surface area contributed by atoms with Crippen LogP contribution in [0.1, 0.15) is 22.8 Å². The molecule has 178 valence electrons. The molecule has 1 atom stereocenters. The Labute approximate surface area is 205 Å². The molecule has 0 aromatic heterocycles. The van der Waals surface area contributed by atoms with E-state index in [1.54, 1.807) is 18.2 Å². The smallest absolute Gasteiger partial charge is 0.264 e. The van der Waals surface area contributed by atoms with Crippen molar-refractivity contribution in [3.63, 3.8) is 0 Å². The third kappa shape index (κ3) is 4.47. The molecule has 1 amide bonds. The van der Waals surface area contributed by atoms with Crippen molar-refractivity contribution in [3.8, 4) is 0 Å². The van der Waals surface area contributed by atoms with Gasteiger partial charge in [0.1, 0.15) is 0 Å². The molecule has 0 unspecified atom stereocenters. The lowest BCUT2D eigenvalue weighted by Crippen LogP contribution is -2.36. The van der Waals surface area contributed by atoms with Gasteiger partial charge in [-0.25, -0.2) is 8.42 Å². The predicted octanol–water partition coefficient (Wildman–Crippen LogP) is 4.82. The fraction of sp³-hybridized carbons (Fsp3) is 0.179. The summed E-state index contributed by atoms with van der Waals surface area (Å²) in [7, 11) is -3.80. The van der Waals surface area contributed by atoms with Gasteiger partial charge >= 0.3 is 0 Å². The molecule has 0 aliphatic carbocycles. The van der Waals surface area contributed by atoms with Gasteiger partial charge in [0.25, 0.3) is 15.9 Å². The number of nitrogens with zero attached hydrogens (tertiary/aromatic N) is 1. The van der Waals surface area contributed by atoms with Gasteiger partial charge in [-0.2, -0.15) is 0 Å². The molecule has 0 saturated carbocycles. The van der Waals surface area contributed by atoms with Gasteiger partial charge < -0.3 is 10.6 Å². The van der Waals surface area contributed by atoms with Crippen molar-refractivity contribution in [2.24, 2.45) is 0 Å². The van der Waals surface area contributed by atoms with Crippen LogP contribution >= 0.6 is 0 Å². The molecule has 4 aromatic rings. The van der Waals surface area contributed by atoms with E-state index in [0.717, 1.165) is 22.0 Å². The van der Waals surface area contributed by atoms with Gasteiger partial charge in [0.2, 0.25) is 0 Å². The van der Waals surface area contributed by atoms with E-state index in [9.17, 15) is 13.2 Å². The number of sulfonamides is 1. The van der Waals surface area contributed by atoms with Crippen molar-refractivity contribution < 1.29 is 13.2 Å². The maximum atomic E-state index is 13.5. The number of hydrogen-bond acceptors (Lipinski definition) is 4. The summed E-state index contributed by atoms with van der Waals surface area (Å²) < 4.78 is 28.4. The monoisotopic (exact) mass is 485 g/mol. The van der Waals surface area contributed by atoms with Gasteiger partial charge in [-0.05, 0) is 54.6 Å². The SMILES string of the molecule is C[C@@H]1Cc2ccccc2N1S(=O)(=O)c1cccc(C(=O)NCCNc2cccc3ccccc23)c1. The maximum absolute atomic E-state index is 13.5. The average Bonchev–Trinajstić information content (AvgIpc) is 3.23. The van der Waals surface area contributed by atoms with Crippen LogP contribution in [0.5, 0.6) is 0 Å². The summed E-state index contributed by atoms with van der Waals surface area (Å²) in [6.45, 7) is 2.84. The van der Waals surface area contributed by atoms with Gasteiger partial charge in [-0.3, -0.25) is 9.10 Å². The fourth-order valence-electron chi connectivity index (χ4n) is 4.67. The van der Waals surface area contributed by atoms with Crippen LogP contribution in [0.2, 0.25) is 0 Å². The maximum Gasteiger partial charge on any atom is 0.264 e. The van der Waals surface area contributed by atoms with Gasteiger partial charge in [0.05, 0.1) is 10.6 Å². The summed E-state index contributed by atoms with van der Waals surface area (Å²) in [6.07, 6.45) is 0.666. The minimum atomic E-state index is -3.80. The second kappa shape index (κ2) is 9.43. The zero-order valence-electron chi connectivity index (χ0n) is 19.4. The molecular weight excluding hydrogens is 458 g/mol.